The van der Waals surface area contributed by atoms with Gasteiger partial charge < -0.3 is 4.74 Å². The normalized spacial score (nSPS) is 23.5. The maximum absolute atomic E-state index is 11.7. The largest absolute Gasteiger partial charge is 0.376 e. The third kappa shape index (κ3) is 4.59. The van der Waals surface area contributed by atoms with Crippen molar-refractivity contribution in [2.45, 2.75) is 31.3 Å². The molecule has 22 heavy (non-hydrogen) atoms. The summed E-state index contributed by atoms with van der Waals surface area (Å²) >= 11 is 12.1. The van der Waals surface area contributed by atoms with Crippen LogP contribution in [0.15, 0.2) is 18.2 Å². The van der Waals surface area contributed by atoms with Gasteiger partial charge in [-0.05, 0) is 30.5 Å². The van der Waals surface area contributed by atoms with Crippen LogP contribution >= 0.6 is 23.2 Å². The second-order valence-electron chi connectivity index (χ2n) is 5.73. The molecule has 7 heteroatoms. The molecule has 1 aromatic carbocycles. The molecule has 4 nitrogen and oxygen atoms in total. The van der Waals surface area contributed by atoms with Crippen molar-refractivity contribution in [2.24, 2.45) is 0 Å². The van der Waals surface area contributed by atoms with Crippen molar-refractivity contribution < 1.29 is 13.2 Å². The molecule has 2 rings (SSSR count). The molecular weight excluding hydrogens is 345 g/mol. The molecule has 1 fully saturated rings. The smallest absolute Gasteiger partial charge is 0.211 e. The van der Waals surface area contributed by atoms with Crippen molar-refractivity contribution in [3.63, 3.8) is 0 Å². The molecule has 0 radical (unpaired) electrons. The maximum atomic E-state index is 11.7. The van der Waals surface area contributed by atoms with E-state index in [4.69, 9.17) is 27.9 Å². The van der Waals surface area contributed by atoms with Crippen molar-refractivity contribution in [2.75, 3.05) is 26.5 Å². The van der Waals surface area contributed by atoms with E-state index in [9.17, 15) is 8.42 Å². The molecule has 1 aliphatic heterocycles. The average Bonchev–Trinajstić information content (AvgIpc) is 2.66. The fraction of sp³-hybridized carbons (Fsp3) is 0.600. The molecule has 2 atom stereocenters. The highest BCUT2D eigenvalue weighted by molar-refractivity contribution is 7.88. The Bertz CT molecular complexity index is 621. The number of likely N-dealkylation sites (N-methyl/N-ethyl adjacent to an activating group) is 1. The fourth-order valence-electron chi connectivity index (χ4n) is 2.70. The summed E-state index contributed by atoms with van der Waals surface area (Å²) in [6, 6.07) is 5.58. The van der Waals surface area contributed by atoms with E-state index in [2.05, 4.69) is 0 Å². The van der Waals surface area contributed by atoms with E-state index >= 15 is 0 Å². The van der Waals surface area contributed by atoms with Gasteiger partial charge in [-0.15, -0.1) is 0 Å². The number of sulfonamides is 1. The number of hydrogen-bond donors (Lipinski definition) is 0. The lowest BCUT2D eigenvalue weighted by atomic mass is 9.89. The van der Waals surface area contributed by atoms with Gasteiger partial charge in [0.15, 0.2) is 0 Å². The second kappa shape index (κ2) is 7.49. The van der Waals surface area contributed by atoms with Crippen LogP contribution in [-0.4, -0.2) is 45.3 Å². The van der Waals surface area contributed by atoms with E-state index in [0.29, 0.717) is 23.2 Å². The van der Waals surface area contributed by atoms with Gasteiger partial charge in [0, 0.05) is 26.1 Å². The first-order valence-electron chi connectivity index (χ1n) is 7.27. The Labute approximate surface area is 142 Å². The number of ether oxygens (including phenoxy) is 1. The zero-order valence-corrected chi connectivity index (χ0v) is 15.1. The number of hydrogen-bond acceptors (Lipinski definition) is 3. The van der Waals surface area contributed by atoms with E-state index in [1.165, 1.54) is 10.6 Å². The Morgan fingerprint density at radius 2 is 2.00 bits per heavy atom. The molecule has 1 saturated heterocycles. The van der Waals surface area contributed by atoms with E-state index in [1.807, 2.05) is 12.1 Å². The van der Waals surface area contributed by atoms with Crippen molar-refractivity contribution in [1.29, 1.82) is 0 Å². The average molecular weight is 366 g/mol. The minimum absolute atomic E-state index is 0.112. The maximum Gasteiger partial charge on any atom is 0.211 e. The highest BCUT2D eigenvalue weighted by atomic mass is 35.5. The van der Waals surface area contributed by atoms with Gasteiger partial charge in [0.2, 0.25) is 10.0 Å². The Hall–Kier alpha value is -0.330. The van der Waals surface area contributed by atoms with Crippen molar-refractivity contribution >= 4 is 33.2 Å². The van der Waals surface area contributed by atoms with Crippen LogP contribution in [0.25, 0.3) is 0 Å². The summed E-state index contributed by atoms with van der Waals surface area (Å²) in [5.74, 6) is 0.112. The van der Waals surface area contributed by atoms with E-state index in [1.54, 1.807) is 13.1 Å². The summed E-state index contributed by atoms with van der Waals surface area (Å²) in [6.07, 6.45) is 4.00. The van der Waals surface area contributed by atoms with Crippen LogP contribution in [0.3, 0.4) is 0 Å². The van der Waals surface area contributed by atoms with E-state index in [-0.39, 0.29) is 12.0 Å². The Kier molecular flexibility index (Phi) is 6.14. The lowest BCUT2D eigenvalue weighted by molar-refractivity contribution is 0.0364. The van der Waals surface area contributed by atoms with Gasteiger partial charge in [-0.3, -0.25) is 0 Å². The van der Waals surface area contributed by atoms with Crippen molar-refractivity contribution in [1.82, 2.24) is 4.31 Å². The quantitative estimate of drug-likeness (QED) is 0.819. The van der Waals surface area contributed by atoms with Gasteiger partial charge in [0.1, 0.15) is 0 Å². The minimum Gasteiger partial charge on any atom is -0.376 e. The molecule has 124 valence electrons. The fourth-order valence-corrected chi connectivity index (χ4v) is 3.42. The van der Waals surface area contributed by atoms with Gasteiger partial charge in [0.05, 0.1) is 22.4 Å². The number of benzene rings is 1. The van der Waals surface area contributed by atoms with Gasteiger partial charge >= 0.3 is 0 Å². The minimum atomic E-state index is -3.23. The number of rotatable bonds is 4. The summed E-state index contributed by atoms with van der Waals surface area (Å²) in [4.78, 5) is 0. The van der Waals surface area contributed by atoms with Crippen LogP contribution in [0.4, 0.5) is 0 Å². The van der Waals surface area contributed by atoms with Crippen LogP contribution in [0.5, 0.6) is 0 Å². The van der Waals surface area contributed by atoms with Crippen molar-refractivity contribution in [3.8, 4) is 0 Å². The number of halogens is 2. The summed E-state index contributed by atoms with van der Waals surface area (Å²) < 4.78 is 30.6. The summed E-state index contributed by atoms with van der Waals surface area (Å²) in [5.41, 5.74) is 1.04. The standard InChI is InChI=1S/C15H21Cl2NO3S/c1-18(22(2,19)20)10-15-12(5-3-4-8-21-15)11-6-7-13(16)14(17)9-11/h6-7,9,12,15H,3-5,8,10H2,1-2H3/t12?,15-/m0/s1. The van der Waals surface area contributed by atoms with Gasteiger partial charge in [-0.1, -0.05) is 35.7 Å². The highest BCUT2D eigenvalue weighted by Crippen LogP contribution is 2.34. The molecule has 0 bridgehead atoms. The molecule has 1 aromatic rings. The molecule has 0 aromatic heterocycles. The number of nitrogens with zero attached hydrogens (tertiary/aromatic N) is 1. The molecule has 1 unspecified atom stereocenters. The lowest BCUT2D eigenvalue weighted by Gasteiger charge is -2.28. The zero-order chi connectivity index (χ0) is 16.3. The predicted molar refractivity (Wildman–Crippen MR) is 90.3 cm³/mol. The first-order valence-corrected chi connectivity index (χ1v) is 9.87. The molecule has 0 aliphatic carbocycles. The van der Waals surface area contributed by atoms with Gasteiger partial charge in [0.25, 0.3) is 0 Å². The van der Waals surface area contributed by atoms with Gasteiger partial charge in [-0.25, -0.2) is 12.7 Å². The monoisotopic (exact) mass is 365 g/mol. The molecule has 1 aliphatic rings. The lowest BCUT2D eigenvalue weighted by Crippen LogP contribution is -2.37. The zero-order valence-electron chi connectivity index (χ0n) is 12.8. The van der Waals surface area contributed by atoms with E-state index < -0.39 is 10.0 Å². The van der Waals surface area contributed by atoms with Crippen LogP contribution in [-0.2, 0) is 14.8 Å². The third-order valence-corrected chi connectivity index (χ3v) is 6.09. The molecule has 0 saturated carbocycles. The molecule has 1 heterocycles. The van der Waals surface area contributed by atoms with Crippen LogP contribution in [0, 0.1) is 0 Å². The summed E-state index contributed by atoms with van der Waals surface area (Å²) in [5, 5.41) is 1.03. The predicted octanol–water partition coefficient (Wildman–Crippen LogP) is 3.54. The second-order valence-corrected chi connectivity index (χ2v) is 8.63. The first kappa shape index (κ1) is 18.0. The van der Waals surface area contributed by atoms with Crippen molar-refractivity contribution in [3.05, 3.63) is 33.8 Å². The van der Waals surface area contributed by atoms with Crippen LogP contribution < -0.4 is 0 Å². The topological polar surface area (TPSA) is 46.6 Å². The molecule has 0 amide bonds. The summed E-state index contributed by atoms with van der Waals surface area (Å²) in [7, 11) is -1.65. The Morgan fingerprint density at radius 3 is 2.64 bits per heavy atom. The molecule has 0 N–H and O–H groups in total. The first-order chi connectivity index (χ1) is 10.3. The third-order valence-electron chi connectivity index (χ3n) is 4.07. The molecule has 0 spiro atoms. The highest BCUT2D eigenvalue weighted by Gasteiger charge is 2.29. The van der Waals surface area contributed by atoms with E-state index in [0.717, 1.165) is 24.8 Å². The Morgan fingerprint density at radius 1 is 1.27 bits per heavy atom. The summed E-state index contributed by atoms with van der Waals surface area (Å²) in [6.45, 7) is 0.990. The van der Waals surface area contributed by atoms with Crippen LogP contribution in [0.1, 0.15) is 30.7 Å². The molecular formula is C15H21Cl2NO3S. The van der Waals surface area contributed by atoms with Crippen LogP contribution in [0.2, 0.25) is 10.0 Å². The SMILES string of the molecule is CN(C[C@@H]1OCCCCC1c1ccc(Cl)c(Cl)c1)S(C)(=O)=O. The van der Waals surface area contributed by atoms with Gasteiger partial charge in [-0.2, -0.15) is 0 Å². The Balaban J connectivity index is 2.25.